The molecule has 2 saturated heterocycles. The number of rotatable bonds is 7. The van der Waals surface area contributed by atoms with Gasteiger partial charge in [-0.15, -0.1) is 0 Å². The summed E-state index contributed by atoms with van der Waals surface area (Å²) in [7, 11) is 0. The Balaban J connectivity index is 1.28. The van der Waals surface area contributed by atoms with Gasteiger partial charge in [-0.05, 0) is 62.8 Å². The number of pyridine rings is 1. The molecule has 1 N–H and O–H groups in total. The van der Waals surface area contributed by atoms with E-state index in [0.29, 0.717) is 25.3 Å². The third-order valence-electron chi connectivity index (χ3n) is 6.54. The summed E-state index contributed by atoms with van der Waals surface area (Å²) in [5.74, 6) is 0.232. The van der Waals surface area contributed by atoms with Gasteiger partial charge in [0, 0.05) is 43.4 Å². The zero-order chi connectivity index (χ0) is 23.4. The van der Waals surface area contributed by atoms with Crippen molar-refractivity contribution in [2.24, 2.45) is 0 Å². The van der Waals surface area contributed by atoms with Gasteiger partial charge >= 0.3 is 6.03 Å². The smallest absolute Gasteiger partial charge is 0.324 e. The van der Waals surface area contributed by atoms with Crippen molar-refractivity contribution in [1.29, 1.82) is 0 Å². The number of benzene rings is 1. The largest absolute Gasteiger partial charge is 0.343 e. The van der Waals surface area contributed by atoms with Crippen molar-refractivity contribution in [1.82, 2.24) is 20.1 Å². The topological polar surface area (TPSA) is 82.6 Å². The van der Waals surface area contributed by atoms with Crippen LogP contribution in [0.3, 0.4) is 0 Å². The average molecular weight is 449 g/mol. The van der Waals surface area contributed by atoms with Crippen LogP contribution in [0, 0.1) is 13.8 Å². The highest BCUT2D eigenvalue weighted by molar-refractivity contribution is 6.01. The summed E-state index contributed by atoms with van der Waals surface area (Å²) in [6.45, 7) is 5.93. The first-order valence-electron chi connectivity index (χ1n) is 11.8. The summed E-state index contributed by atoms with van der Waals surface area (Å²) in [6.07, 6.45) is 3.55. The zero-order valence-corrected chi connectivity index (χ0v) is 19.5. The molecule has 3 heterocycles. The van der Waals surface area contributed by atoms with Crippen molar-refractivity contribution in [3.05, 3.63) is 64.5 Å². The summed E-state index contributed by atoms with van der Waals surface area (Å²) in [4.78, 5) is 43.8. The molecule has 2 aromatic rings. The van der Waals surface area contributed by atoms with Crippen LogP contribution in [0.2, 0.25) is 0 Å². The lowest BCUT2D eigenvalue weighted by atomic mass is 9.91. The summed E-state index contributed by atoms with van der Waals surface area (Å²) in [5, 5.41) is 2.50. The number of aromatic nitrogens is 1. The number of hydrogen-bond donors (Lipinski definition) is 1. The monoisotopic (exact) mass is 448 g/mol. The second-order valence-electron chi connectivity index (χ2n) is 9.17. The third kappa shape index (κ3) is 5.78. The molecule has 4 rings (SSSR count). The van der Waals surface area contributed by atoms with Gasteiger partial charge in [0.2, 0.25) is 11.8 Å². The second-order valence-corrected chi connectivity index (χ2v) is 9.17. The van der Waals surface area contributed by atoms with Crippen molar-refractivity contribution in [2.45, 2.75) is 51.9 Å². The van der Waals surface area contributed by atoms with Crippen molar-refractivity contribution < 1.29 is 14.4 Å². The van der Waals surface area contributed by atoms with Crippen LogP contribution >= 0.6 is 0 Å². The first kappa shape index (κ1) is 23.0. The fourth-order valence-electron chi connectivity index (χ4n) is 4.67. The molecule has 2 fully saturated rings. The van der Waals surface area contributed by atoms with E-state index in [1.807, 2.05) is 11.8 Å². The number of likely N-dealkylation sites (tertiary alicyclic amines) is 1. The fourth-order valence-corrected chi connectivity index (χ4v) is 4.67. The van der Waals surface area contributed by atoms with E-state index in [9.17, 15) is 14.4 Å². The lowest BCUT2D eigenvalue weighted by Gasteiger charge is -2.32. The number of carbonyl (C=O) groups excluding carboxylic acids is 3. The third-order valence-corrected chi connectivity index (χ3v) is 6.54. The Morgan fingerprint density at radius 3 is 2.45 bits per heavy atom. The summed E-state index contributed by atoms with van der Waals surface area (Å²) in [5.41, 5.74) is 6.00. The quantitative estimate of drug-likeness (QED) is 0.659. The van der Waals surface area contributed by atoms with Crippen molar-refractivity contribution in [2.75, 3.05) is 26.2 Å². The van der Waals surface area contributed by atoms with E-state index in [2.05, 4.69) is 48.6 Å². The Morgan fingerprint density at radius 1 is 1.06 bits per heavy atom. The van der Waals surface area contributed by atoms with Crippen molar-refractivity contribution in [3.8, 4) is 0 Å². The molecule has 1 aromatic heterocycles. The van der Waals surface area contributed by atoms with Crippen molar-refractivity contribution >= 4 is 17.8 Å². The Hall–Kier alpha value is -3.22. The van der Waals surface area contributed by atoms with Gasteiger partial charge in [0.15, 0.2) is 0 Å². The number of imide groups is 1. The van der Waals surface area contributed by atoms with E-state index in [1.54, 1.807) is 0 Å². The van der Waals surface area contributed by atoms with Crippen LogP contribution in [0.5, 0.6) is 0 Å². The lowest BCUT2D eigenvalue weighted by Crippen LogP contribution is -2.38. The van der Waals surface area contributed by atoms with Crippen LogP contribution in [-0.4, -0.2) is 58.8 Å². The van der Waals surface area contributed by atoms with E-state index in [1.165, 1.54) is 21.6 Å². The standard InChI is InChI=1S/C26H32N4O3/c1-18-5-7-20(8-6-18)15-21-14-19(2)28-23(16-21)22-9-12-29(13-10-22)24(31)4-3-11-30-25(32)17-27-26(30)33/h5-8,14,16,22H,3-4,9-13,15,17H2,1-2H3,(H,27,33). The molecular formula is C26H32N4O3. The summed E-state index contributed by atoms with van der Waals surface area (Å²) < 4.78 is 0. The number of hydrogen-bond acceptors (Lipinski definition) is 4. The lowest BCUT2D eigenvalue weighted by molar-refractivity contribution is -0.133. The molecule has 2 aliphatic heterocycles. The molecule has 0 bridgehead atoms. The van der Waals surface area contributed by atoms with E-state index in [0.717, 1.165) is 43.7 Å². The number of nitrogens with one attached hydrogen (secondary N) is 1. The molecule has 4 amide bonds. The van der Waals surface area contributed by atoms with Crippen LogP contribution in [-0.2, 0) is 16.0 Å². The van der Waals surface area contributed by atoms with Gasteiger partial charge in [0.05, 0.1) is 6.54 Å². The molecule has 0 aliphatic carbocycles. The second kappa shape index (κ2) is 10.1. The van der Waals surface area contributed by atoms with Crippen LogP contribution in [0.15, 0.2) is 36.4 Å². The van der Waals surface area contributed by atoms with Gasteiger partial charge < -0.3 is 10.2 Å². The first-order chi connectivity index (χ1) is 15.9. The maximum Gasteiger partial charge on any atom is 0.324 e. The molecule has 1 aromatic carbocycles. The van der Waals surface area contributed by atoms with Gasteiger partial charge in [-0.3, -0.25) is 19.5 Å². The van der Waals surface area contributed by atoms with Crippen LogP contribution in [0.25, 0.3) is 0 Å². The highest BCUT2D eigenvalue weighted by atomic mass is 16.2. The minimum atomic E-state index is -0.360. The molecular weight excluding hydrogens is 416 g/mol. The number of urea groups is 1. The van der Waals surface area contributed by atoms with E-state index >= 15 is 0 Å². The number of piperidine rings is 1. The Morgan fingerprint density at radius 2 is 1.79 bits per heavy atom. The van der Waals surface area contributed by atoms with E-state index < -0.39 is 0 Å². The van der Waals surface area contributed by atoms with Gasteiger partial charge in [-0.1, -0.05) is 29.8 Å². The van der Waals surface area contributed by atoms with Gasteiger partial charge in [0.1, 0.15) is 0 Å². The Kier molecular flexibility index (Phi) is 7.06. The predicted octanol–water partition coefficient (Wildman–Crippen LogP) is 3.33. The number of carbonyl (C=O) groups is 3. The van der Waals surface area contributed by atoms with Gasteiger partial charge in [-0.25, -0.2) is 4.79 Å². The number of nitrogens with zero attached hydrogens (tertiary/aromatic N) is 3. The van der Waals surface area contributed by atoms with Crippen molar-refractivity contribution in [3.63, 3.8) is 0 Å². The van der Waals surface area contributed by atoms with Crippen LogP contribution in [0.4, 0.5) is 4.79 Å². The minimum Gasteiger partial charge on any atom is -0.343 e. The van der Waals surface area contributed by atoms with Gasteiger partial charge in [0.25, 0.3) is 0 Å². The number of aryl methyl sites for hydroxylation is 2. The highest BCUT2D eigenvalue weighted by Crippen LogP contribution is 2.28. The Labute approximate surface area is 195 Å². The molecule has 0 saturated carbocycles. The molecule has 0 unspecified atom stereocenters. The maximum absolute atomic E-state index is 12.6. The summed E-state index contributed by atoms with van der Waals surface area (Å²) >= 11 is 0. The minimum absolute atomic E-state index is 0.0556. The van der Waals surface area contributed by atoms with Crippen LogP contribution in [0.1, 0.15) is 59.7 Å². The van der Waals surface area contributed by atoms with Gasteiger partial charge in [-0.2, -0.15) is 0 Å². The van der Waals surface area contributed by atoms with E-state index in [-0.39, 0.29) is 24.4 Å². The predicted molar refractivity (Wildman–Crippen MR) is 126 cm³/mol. The normalized spacial score (nSPS) is 16.9. The number of amides is 4. The summed E-state index contributed by atoms with van der Waals surface area (Å²) in [6, 6.07) is 12.7. The molecule has 7 heteroatoms. The molecule has 33 heavy (non-hydrogen) atoms. The molecule has 174 valence electrons. The zero-order valence-electron chi connectivity index (χ0n) is 19.5. The molecule has 2 aliphatic rings. The Bertz CT molecular complexity index is 1010. The fraction of sp³-hybridized carbons (Fsp3) is 0.462. The van der Waals surface area contributed by atoms with E-state index in [4.69, 9.17) is 4.98 Å². The molecule has 0 atom stereocenters. The maximum atomic E-state index is 12.6. The molecule has 0 radical (unpaired) electrons. The SMILES string of the molecule is Cc1ccc(Cc2cc(C)nc(C3CCN(C(=O)CCCN4C(=O)CNC4=O)CC3)c2)cc1. The highest BCUT2D eigenvalue weighted by Gasteiger charge is 2.29. The van der Waals surface area contributed by atoms with Crippen LogP contribution < -0.4 is 5.32 Å². The average Bonchev–Trinajstić information content (AvgIpc) is 3.12. The molecule has 0 spiro atoms. The first-order valence-corrected chi connectivity index (χ1v) is 11.8. The molecule has 7 nitrogen and oxygen atoms in total.